The average molecular weight is 267 g/mol. The number of halogens is 1. The Kier molecular flexibility index (Phi) is 3.50. The summed E-state index contributed by atoms with van der Waals surface area (Å²) in [6.45, 7) is 4.53. The molecule has 0 N–H and O–H groups in total. The standard InChI is InChI=1S/C14H19Br/c1-10(2)12-7-13(9-14(15)8-12)11-5-3-4-6-11/h7-11H,3-6H2,1-2H3. The van der Waals surface area contributed by atoms with Crippen LogP contribution < -0.4 is 0 Å². The zero-order valence-corrected chi connectivity index (χ0v) is 11.2. The third kappa shape index (κ3) is 2.63. The largest absolute Gasteiger partial charge is 0.0587 e. The lowest BCUT2D eigenvalue weighted by atomic mass is 9.93. The zero-order valence-electron chi connectivity index (χ0n) is 9.59. The molecule has 0 bridgehead atoms. The monoisotopic (exact) mass is 266 g/mol. The van der Waals surface area contributed by atoms with E-state index in [2.05, 4.69) is 48.0 Å². The third-order valence-electron chi connectivity index (χ3n) is 3.44. The molecule has 1 saturated carbocycles. The van der Waals surface area contributed by atoms with Gasteiger partial charge in [-0.05, 0) is 47.9 Å². The Bertz CT molecular complexity index is 335. The van der Waals surface area contributed by atoms with Crippen molar-refractivity contribution in [1.82, 2.24) is 0 Å². The van der Waals surface area contributed by atoms with Crippen LogP contribution in [-0.4, -0.2) is 0 Å². The summed E-state index contributed by atoms with van der Waals surface area (Å²) < 4.78 is 1.25. The molecule has 0 radical (unpaired) electrons. The van der Waals surface area contributed by atoms with E-state index in [-0.39, 0.29) is 0 Å². The molecule has 1 aliphatic rings. The fourth-order valence-electron chi connectivity index (χ4n) is 2.46. The SMILES string of the molecule is CC(C)c1cc(Br)cc(C2CCCC2)c1. The van der Waals surface area contributed by atoms with Gasteiger partial charge in [0.15, 0.2) is 0 Å². The topological polar surface area (TPSA) is 0 Å². The minimum Gasteiger partial charge on any atom is -0.0587 e. The van der Waals surface area contributed by atoms with E-state index in [1.165, 1.54) is 35.7 Å². The van der Waals surface area contributed by atoms with E-state index in [0.29, 0.717) is 5.92 Å². The molecular weight excluding hydrogens is 248 g/mol. The van der Waals surface area contributed by atoms with Crippen molar-refractivity contribution in [3.8, 4) is 0 Å². The predicted molar refractivity (Wildman–Crippen MR) is 69.4 cm³/mol. The molecule has 0 spiro atoms. The van der Waals surface area contributed by atoms with Gasteiger partial charge >= 0.3 is 0 Å². The van der Waals surface area contributed by atoms with Gasteiger partial charge in [0.25, 0.3) is 0 Å². The lowest BCUT2D eigenvalue weighted by Gasteiger charge is -2.14. The van der Waals surface area contributed by atoms with Gasteiger partial charge in [-0.3, -0.25) is 0 Å². The number of hydrogen-bond donors (Lipinski definition) is 0. The van der Waals surface area contributed by atoms with Crippen LogP contribution in [0.15, 0.2) is 22.7 Å². The molecule has 0 amide bonds. The van der Waals surface area contributed by atoms with E-state index in [1.807, 2.05) is 0 Å². The van der Waals surface area contributed by atoms with E-state index in [4.69, 9.17) is 0 Å². The first-order valence-corrected chi connectivity index (χ1v) is 6.76. The summed E-state index contributed by atoms with van der Waals surface area (Å²) >= 11 is 3.63. The van der Waals surface area contributed by atoms with E-state index in [0.717, 1.165) is 5.92 Å². The van der Waals surface area contributed by atoms with Crippen molar-refractivity contribution < 1.29 is 0 Å². The number of rotatable bonds is 2. The summed E-state index contributed by atoms with van der Waals surface area (Å²) in [7, 11) is 0. The molecule has 0 aromatic heterocycles. The Morgan fingerprint density at radius 3 is 2.40 bits per heavy atom. The van der Waals surface area contributed by atoms with Crippen molar-refractivity contribution in [2.75, 3.05) is 0 Å². The van der Waals surface area contributed by atoms with Gasteiger partial charge in [-0.25, -0.2) is 0 Å². The Morgan fingerprint density at radius 1 is 1.13 bits per heavy atom. The second kappa shape index (κ2) is 4.69. The highest BCUT2D eigenvalue weighted by molar-refractivity contribution is 9.10. The lowest BCUT2D eigenvalue weighted by Crippen LogP contribution is -1.96. The van der Waals surface area contributed by atoms with Gasteiger partial charge in [0.1, 0.15) is 0 Å². The summed E-state index contributed by atoms with van der Waals surface area (Å²) in [6, 6.07) is 6.97. The van der Waals surface area contributed by atoms with Crippen molar-refractivity contribution in [1.29, 1.82) is 0 Å². The summed E-state index contributed by atoms with van der Waals surface area (Å²) in [5.41, 5.74) is 3.01. The van der Waals surface area contributed by atoms with Crippen LogP contribution in [-0.2, 0) is 0 Å². The van der Waals surface area contributed by atoms with Gasteiger partial charge in [-0.15, -0.1) is 0 Å². The average Bonchev–Trinajstić information content (AvgIpc) is 2.69. The van der Waals surface area contributed by atoms with E-state index in [9.17, 15) is 0 Å². The molecule has 1 aromatic rings. The molecule has 0 unspecified atom stereocenters. The first kappa shape index (κ1) is 11.2. The molecule has 1 aliphatic carbocycles. The summed E-state index contributed by atoms with van der Waals surface area (Å²) in [6.07, 6.45) is 5.59. The van der Waals surface area contributed by atoms with Crippen molar-refractivity contribution in [2.45, 2.75) is 51.4 Å². The fourth-order valence-corrected chi connectivity index (χ4v) is 2.99. The van der Waals surface area contributed by atoms with Crippen LogP contribution in [0.5, 0.6) is 0 Å². The lowest BCUT2D eigenvalue weighted by molar-refractivity contribution is 0.718. The van der Waals surface area contributed by atoms with E-state index < -0.39 is 0 Å². The van der Waals surface area contributed by atoms with Crippen molar-refractivity contribution in [2.24, 2.45) is 0 Å². The summed E-state index contributed by atoms with van der Waals surface area (Å²) in [5, 5.41) is 0. The second-order valence-corrected chi connectivity index (χ2v) is 5.87. The van der Waals surface area contributed by atoms with Gasteiger partial charge in [0, 0.05) is 4.47 Å². The smallest absolute Gasteiger partial charge is 0.0180 e. The Morgan fingerprint density at radius 2 is 1.80 bits per heavy atom. The summed E-state index contributed by atoms with van der Waals surface area (Å²) in [4.78, 5) is 0. The Balaban J connectivity index is 2.30. The molecule has 0 aliphatic heterocycles. The third-order valence-corrected chi connectivity index (χ3v) is 3.89. The predicted octanol–water partition coefficient (Wildman–Crippen LogP) is 5.23. The van der Waals surface area contributed by atoms with Crippen molar-refractivity contribution in [3.63, 3.8) is 0 Å². The molecule has 1 fully saturated rings. The van der Waals surface area contributed by atoms with Gasteiger partial charge in [0.2, 0.25) is 0 Å². The molecule has 0 nitrogen and oxygen atoms in total. The first-order chi connectivity index (χ1) is 7.16. The number of hydrogen-bond acceptors (Lipinski definition) is 0. The van der Waals surface area contributed by atoms with Crippen LogP contribution in [0.2, 0.25) is 0 Å². The first-order valence-electron chi connectivity index (χ1n) is 5.97. The normalized spacial score (nSPS) is 17.6. The minimum atomic E-state index is 0.627. The van der Waals surface area contributed by atoms with Crippen LogP contribution in [0.1, 0.15) is 62.5 Å². The molecule has 0 atom stereocenters. The van der Waals surface area contributed by atoms with Gasteiger partial charge in [-0.1, -0.05) is 48.7 Å². The maximum absolute atomic E-state index is 3.63. The molecule has 0 saturated heterocycles. The maximum atomic E-state index is 3.63. The van der Waals surface area contributed by atoms with Crippen LogP contribution in [0.4, 0.5) is 0 Å². The van der Waals surface area contributed by atoms with Crippen molar-refractivity contribution in [3.05, 3.63) is 33.8 Å². The Labute approximate surface area is 101 Å². The number of benzene rings is 1. The highest BCUT2D eigenvalue weighted by Crippen LogP contribution is 2.36. The van der Waals surface area contributed by atoms with E-state index >= 15 is 0 Å². The van der Waals surface area contributed by atoms with Crippen LogP contribution in [0, 0.1) is 0 Å². The molecule has 0 heterocycles. The minimum absolute atomic E-state index is 0.627. The molecule has 2 rings (SSSR count). The van der Waals surface area contributed by atoms with Crippen LogP contribution in [0.25, 0.3) is 0 Å². The summed E-state index contributed by atoms with van der Waals surface area (Å²) in [5.74, 6) is 1.45. The molecule has 15 heavy (non-hydrogen) atoms. The molecule has 1 heteroatoms. The molecular formula is C14H19Br. The van der Waals surface area contributed by atoms with Crippen LogP contribution in [0.3, 0.4) is 0 Å². The Hall–Kier alpha value is -0.300. The van der Waals surface area contributed by atoms with Crippen LogP contribution >= 0.6 is 15.9 Å². The zero-order chi connectivity index (χ0) is 10.8. The highest BCUT2D eigenvalue weighted by atomic mass is 79.9. The molecule has 82 valence electrons. The molecule has 1 aromatic carbocycles. The fraction of sp³-hybridized carbons (Fsp3) is 0.571. The van der Waals surface area contributed by atoms with Gasteiger partial charge < -0.3 is 0 Å². The van der Waals surface area contributed by atoms with Gasteiger partial charge in [0.05, 0.1) is 0 Å². The van der Waals surface area contributed by atoms with E-state index in [1.54, 1.807) is 5.56 Å². The van der Waals surface area contributed by atoms with Gasteiger partial charge in [-0.2, -0.15) is 0 Å². The maximum Gasteiger partial charge on any atom is 0.0180 e. The quantitative estimate of drug-likeness (QED) is 0.688. The highest BCUT2D eigenvalue weighted by Gasteiger charge is 2.18. The second-order valence-electron chi connectivity index (χ2n) is 4.95. The van der Waals surface area contributed by atoms with Crippen molar-refractivity contribution >= 4 is 15.9 Å².